The minimum absolute atomic E-state index is 0.617. The molecular weight excluding hydrogens is 271 g/mol. The van der Waals surface area contributed by atoms with Gasteiger partial charge in [0.1, 0.15) is 0 Å². The lowest BCUT2D eigenvalue weighted by molar-refractivity contribution is -0.722. The van der Waals surface area contributed by atoms with Crippen LogP contribution >= 0.6 is 15.0 Å². The zero-order valence-electron chi connectivity index (χ0n) is 8.93. The Labute approximate surface area is 97.3 Å². The van der Waals surface area contributed by atoms with Gasteiger partial charge in [-0.15, -0.1) is 4.39 Å². The van der Waals surface area contributed by atoms with E-state index >= 15 is 0 Å². The van der Waals surface area contributed by atoms with Crippen molar-refractivity contribution in [3.05, 3.63) is 30.3 Å². The summed E-state index contributed by atoms with van der Waals surface area (Å²) < 4.78 is 36.5. The molecule has 6 nitrogen and oxygen atoms in total. The predicted molar refractivity (Wildman–Crippen MR) is 56.0 cm³/mol. The Morgan fingerprint density at radius 1 is 1.47 bits per heavy atom. The third-order valence-electron chi connectivity index (χ3n) is 2.17. The molecule has 1 aromatic rings. The van der Waals surface area contributed by atoms with Gasteiger partial charge in [-0.3, -0.25) is 4.57 Å². The molecule has 0 fully saturated rings. The highest BCUT2D eigenvalue weighted by atomic mass is 31.2. The maximum absolute atomic E-state index is 13.2. The van der Waals surface area contributed by atoms with E-state index in [-0.39, 0.29) is 0 Å². The van der Waals surface area contributed by atoms with E-state index in [4.69, 9.17) is 4.89 Å². The van der Waals surface area contributed by atoms with Crippen LogP contribution in [0.5, 0.6) is 0 Å². The topological polar surface area (TPSA) is 102 Å². The quantitative estimate of drug-likeness (QED) is 0.456. The summed E-state index contributed by atoms with van der Waals surface area (Å²) in [5, 5.41) is -1.92. The van der Waals surface area contributed by atoms with Crippen LogP contribution in [0.2, 0.25) is 0 Å². The molecule has 17 heavy (non-hydrogen) atoms. The number of hydrogen-bond acceptors (Lipinski definition) is 3. The van der Waals surface area contributed by atoms with Gasteiger partial charge in [-0.25, -0.2) is 0 Å². The summed E-state index contributed by atoms with van der Waals surface area (Å²) in [7, 11) is -9.13. The first-order chi connectivity index (χ1) is 7.62. The standard InChI is InChI=1S/C8H12FNO5P2/c1-16(11,12)8(17(13,14)15)6-10-5-3-2-4-7(10)9/h2-5,8H,6H2,1H3,(H2-,11,12,13,14,15). The first-order valence-corrected chi connectivity index (χ1v) is 8.42. The summed E-state index contributed by atoms with van der Waals surface area (Å²) in [5.74, 6) is -0.764. The van der Waals surface area contributed by atoms with E-state index in [1.54, 1.807) is 0 Å². The lowest BCUT2D eigenvalue weighted by Crippen LogP contribution is -2.43. The molecule has 0 bridgehead atoms. The maximum atomic E-state index is 13.2. The van der Waals surface area contributed by atoms with Crippen LogP contribution < -0.4 is 9.46 Å². The third-order valence-corrected chi connectivity index (χ3v) is 6.52. The Morgan fingerprint density at radius 3 is 2.47 bits per heavy atom. The molecule has 0 radical (unpaired) electrons. The first kappa shape index (κ1) is 14.5. The number of rotatable bonds is 4. The van der Waals surface area contributed by atoms with Gasteiger partial charge in [-0.2, -0.15) is 4.57 Å². The van der Waals surface area contributed by atoms with Crippen molar-refractivity contribution in [3.8, 4) is 0 Å². The van der Waals surface area contributed by atoms with Crippen molar-refractivity contribution in [1.29, 1.82) is 0 Å². The van der Waals surface area contributed by atoms with Crippen molar-refractivity contribution in [2.24, 2.45) is 0 Å². The second-order valence-corrected chi connectivity index (χ2v) is 8.33. The lowest BCUT2D eigenvalue weighted by Gasteiger charge is -2.26. The molecule has 2 N–H and O–H groups in total. The van der Waals surface area contributed by atoms with Crippen LogP contribution in [0.1, 0.15) is 0 Å². The Bertz CT molecular complexity index is 474. The average Bonchev–Trinajstić information content (AvgIpc) is 2.12. The predicted octanol–water partition coefficient (Wildman–Crippen LogP) is -0.115. The Kier molecular flexibility index (Phi) is 4.23. The molecule has 3 atom stereocenters. The van der Waals surface area contributed by atoms with Gasteiger partial charge < -0.3 is 19.2 Å². The molecule has 1 heterocycles. The van der Waals surface area contributed by atoms with Gasteiger partial charge in [0.2, 0.25) is 7.37 Å². The van der Waals surface area contributed by atoms with E-state index in [9.17, 15) is 23.3 Å². The minimum atomic E-state index is -5.03. The second kappa shape index (κ2) is 4.96. The SMILES string of the molecule is CP(=O)(O)C(C[n+]1ccccc1F)P(=O)([O-])O. The van der Waals surface area contributed by atoms with E-state index in [0.717, 1.165) is 17.3 Å². The first-order valence-electron chi connectivity index (χ1n) is 4.60. The molecule has 0 saturated carbocycles. The van der Waals surface area contributed by atoms with Crippen LogP contribution in [-0.4, -0.2) is 21.9 Å². The Morgan fingerprint density at radius 2 is 2.06 bits per heavy atom. The molecule has 0 aliphatic carbocycles. The smallest absolute Gasteiger partial charge is 0.359 e. The molecule has 0 saturated heterocycles. The van der Waals surface area contributed by atoms with Gasteiger partial charge >= 0.3 is 5.95 Å². The zero-order valence-corrected chi connectivity index (χ0v) is 10.7. The fourth-order valence-corrected chi connectivity index (χ4v) is 4.33. The number of hydrogen-bond donors (Lipinski definition) is 2. The molecule has 0 amide bonds. The van der Waals surface area contributed by atoms with E-state index in [0.29, 0.717) is 0 Å². The molecule has 9 heteroatoms. The third kappa shape index (κ3) is 3.98. The molecule has 0 aliphatic rings. The van der Waals surface area contributed by atoms with E-state index in [2.05, 4.69) is 0 Å². The normalized spacial score (nSPS) is 20.3. The summed E-state index contributed by atoms with van der Waals surface area (Å²) in [5.41, 5.74) is 0. The van der Waals surface area contributed by atoms with Crippen LogP contribution in [0.15, 0.2) is 24.4 Å². The molecule has 0 aliphatic heterocycles. The van der Waals surface area contributed by atoms with E-state index in [1.807, 2.05) is 0 Å². The van der Waals surface area contributed by atoms with Crippen LogP contribution in [0.3, 0.4) is 0 Å². The number of nitrogens with zero attached hydrogens (tertiary/aromatic N) is 1. The van der Waals surface area contributed by atoms with Crippen molar-refractivity contribution in [3.63, 3.8) is 0 Å². The van der Waals surface area contributed by atoms with Gasteiger partial charge in [-0.05, 0) is 6.07 Å². The average molecular weight is 283 g/mol. The van der Waals surface area contributed by atoms with Crippen LogP contribution in [0.25, 0.3) is 0 Å². The lowest BCUT2D eigenvalue weighted by atomic mass is 10.5. The summed E-state index contributed by atoms with van der Waals surface area (Å²) in [4.78, 5) is 29.2. The summed E-state index contributed by atoms with van der Waals surface area (Å²) >= 11 is 0. The van der Waals surface area contributed by atoms with Crippen LogP contribution in [0, 0.1) is 5.95 Å². The minimum Gasteiger partial charge on any atom is -0.778 e. The summed E-state index contributed by atoms with van der Waals surface area (Å²) in [6.07, 6.45) is 1.22. The fraction of sp³-hybridized carbons (Fsp3) is 0.375. The van der Waals surface area contributed by atoms with E-state index in [1.165, 1.54) is 18.3 Å². The highest BCUT2D eigenvalue weighted by Crippen LogP contribution is 2.57. The largest absolute Gasteiger partial charge is 0.778 e. The van der Waals surface area contributed by atoms with Crippen molar-refractivity contribution in [2.45, 2.75) is 11.9 Å². The Hall–Kier alpha value is -0.580. The number of aromatic nitrogens is 1. The van der Waals surface area contributed by atoms with Crippen molar-refractivity contribution in [2.75, 3.05) is 6.66 Å². The Balaban J connectivity index is 3.09. The molecule has 0 aromatic carbocycles. The van der Waals surface area contributed by atoms with Crippen molar-refractivity contribution >= 4 is 15.0 Å². The fourth-order valence-electron chi connectivity index (χ4n) is 1.30. The van der Waals surface area contributed by atoms with Gasteiger partial charge in [0.25, 0.3) is 0 Å². The monoisotopic (exact) mass is 283 g/mol. The molecule has 3 unspecified atom stereocenters. The van der Waals surface area contributed by atoms with E-state index < -0.39 is 32.9 Å². The molecule has 0 spiro atoms. The van der Waals surface area contributed by atoms with Gasteiger partial charge in [0.15, 0.2) is 25.7 Å². The molecular formula is C8H12FNO5P2. The van der Waals surface area contributed by atoms with Crippen LogP contribution in [0.4, 0.5) is 4.39 Å². The summed E-state index contributed by atoms with van der Waals surface area (Å²) in [6, 6.07) is 3.90. The number of halogens is 1. The zero-order chi connectivity index (χ0) is 13.3. The molecule has 1 aromatic heterocycles. The summed E-state index contributed by atoms with van der Waals surface area (Å²) in [6.45, 7) is 0.189. The maximum Gasteiger partial charge on any atom is 0.359 e. The highest BCUT2D eigenvalue weighted by molar-refractivity contribution is 7.72. The highest BCUT2D eigenvalue weighted by Gasteiger charge is 2.38. The molecule has 96 valence electrons. The number of pyridine rings is 1. The molecule has 1 rings (SSSR count). The van der Waals surface area contributed by atoms with Gasteiger partial charge in [-0.1, -0.05) is 0 Å². The van der Waals surface area contributed by atoms with Crippen LogP contribution in [-0.2, 0) is 15.7 Å². The van der Waals surface area contributed by atoms with Crippen molar-refractivity contribution in [1.82, 2.24) is 0 Å². The van der Waals surface area contributed by atoms with Crippen molar-refractivity contribution < 1.29 is 32.8 Å². The van der Waals surface area contributed by atoms with Gasteiger partial charge in [0, 0.05) is 18.8 Å². The second-order valence-electron chi connectivity index (χ2n) is 3.66. The van der Waals surface area contributed by atoms with Gasteiger partial charge in [0.05, 0.1) is 0 Å².